The fourth-order valence-electron chi connectivity index (χ4n) is 2.87. The molecule has 2 aromatic rings. The molecule has 6 nitrogen and oxygen atoms in total. The third-order valence-corrected chi connectivity index (χ3v) is 4.29. The van der Waals surface area contributed by atoms with Crippen LogP contribution in [0.5, 0.6) is 0 Å². The summed E-state index contributed by atoms with van der Waals surface area (Å²) in [5, 5.41) is 7.91. The van der Waals surface area contributed by atoms with E-state index in [9.17, 15) is 9.18 Å². The van der Waals surface area contributed by atoms with E-state index in [1.165, 1.54) is 16.8 Å². The first-order chi connectivity index (χ1) is 11.0. The lowest BCUT2D eigenvalue weighted by Crippen LogP contribution is -2.45. The summed E-state index contributed by atoms with van der Waals surface area (Å²) in [4.78, 5) is 14.4. The summed E-state index contributed by atoms with van der Waals surface area (Å²) in [6.07, 6.45) is 3.57. The first-order valence-electron chi connectivity index (χ1n) is 7.78. The molecule has 2 N–H and O–H groups in total. The third kappa shape index (κ3) is 3.39. The second-order valence-electron chi connectivity index (χ2n) is 6.04. The summed E-state index contributed by atoms with van der Waals surface area (Å²) in [7, 11) is 0. The number of nitrogens with two attached hydrogens (primary N) is 1. The fourth-order valence-corrected chi connectivity index (χ4v) is 2.87. The zero-order valence-corrected chi connectivity index (χ0v) is 13.0. The molecule has 2 atom stereocenters. The number of hydrogen-bond acceptors (Lipinski definition) is 4. The summed E-state index contributed by atoms with van der Waals surface area (Å²) in [6, 6.07) is 5.93. The number of hydrogen-bond donors (Lipinski definition) is 1. The summed E-state index contributed by atoms with van der Waals surface area (Å²) in [5.41, 5.74) is 6.91. The second kappa shape index (κ2) is 6.45. The van der Waals surface area contributed by atoms with E-state index in [0.29, 0.717) is 30.4 Å². The monoisotopic (exact) mass is 317 g/mol. The van der Waals surface area contributed by atoms with Crippen molar-refractivity contribution in [1.29, 1.82) is 0 Å². The zero-order chi connectivity index (χ0) is 16.4. The number of rotatable bonds is 3. The van der Waals surface area contributed by atoms with E-state index in [4.69, 9.17) is 5.73 Å². The van der Waals surface area contributed by atoms with Crippen LogP contribution in [0.1, 0.15) is 30.3 Å². The van der Waals surface area contributed by atoms with Crippen LogP contribution in [0.25, 0.3) is 5.69 Å². The van der Waals surface area contributed by atoms with Gasteiger partial charge in [-0.15, -0.1) is 5.10 Å². The van der Waals surface area contributed by atoms with Crippen LogP contribution in [0.2, 0.25) is 0 Å². The highest BCUT2D eigenvalue weighted by Crippen LogP contribution is 2.20. The number of likely N-dealkylation sites (tertiary alicyclic amines) is 1. The van der Waals surface area contributed by atoms with Gasteiger partial charge in [0.1, 0.15) is 5.82 Å². The molecule has 3 rings (SSSR count). The van der Waals surface area contributed by atoms with Crippen molar-refractivity contribution in [3.63, 3.8) is 0 Å². The maximum atomic E-state index is 13.0. The molecule has 1 amide bonds. The van der Waals surface area contributed by atoms with Crippen LogP contribution in [0.15, 0.2) is 30.5 Å². The molecule has 122 valence electrons. The highest BCUT2D eigenvalue weighted by Gasteiger charge is 2.27. The van der Waals surface area contributed by atoms with Gasteiger partial charge >= 0.3 is 0 Å². The van der Waals surface area contributed by atoms with Gasteiger partial charge in [-0.05, 0) is 49.9 Å². The Morgan fingerprint density at radius 2 is 2.13 bits per heavy atom. The van der Waals surface area contributed by atoms with E-state index in [2.05, 4.69) is 10.3 Å². The van der Waals surface area contributed by atoms with E-state index in [1.807, 2.05) is 6.92 Å². The third-order valence-electron chi connectivity index (χ3n) is 4.29. The van der Waals surface area contributed by atoms with E-state index < -0.39 is 0 Å². The van der Waals surface area contributed by atoms with Gasteiger partial charge in [0, 0.05) is 19.1 Å². The van der Waals surface area contributed by atoms with Gasteiger partial charge in [0.05, 0.1) is 11.9 Å². The first-order valence-corrected chi connectivity index (χ1v) is 7.78. The Bertz CT molecular complexity index is 682. The molecule has 1 aliphatic rings. The molecule has 2 heterocycles. The molecular weight excluding hydrogens is 297 g/mol. The van der Waals surface area contributed by atoms with Crippen molar-refractivity contribution in [2.45, 2.75) is 25.8 Å². The van der Waals surface area contributed by atoms with Gasteiger partial charge in [0.25, 0.3) is 5.91 Å². The van der Waals surface area contributed by atoms with Crippen molar-refractivity contribution in [2.75, 3.05) is 13.1 Å². The minimum absolute atomic E-state index is 0.0699. The predicted octanol–water partition coefficient (Wildman–Crippen LogP) is 1.61. The first kappa shape index (κ1) is 15.6. The molecule has 1 saturated heterocycles. The number of piperidine rings is 1. The van der Waals surface area contributed by atoms with Crippen molar-refractivity contribution < 1.29 is 9.18 Å². The second-order valence-corrected chi connectivity index (χ2v) is 6.04. The Balaban J connectivity index is 1.74. The number of benzene rings is 1. The topological polar surface area (TPSA) is 77.0 Å². The van der Waals surface area contributed by atoms with Crippen molar-refractivity contribution in [1.82, 2.24) is 19.9 Å². The minimum Gasteiger partial charge on any atom is -0.337 e. The van der Waals surface area contributed by atoms with Crippen LogP contribution in [0.3, 0.4) is 0 Å². The molecule has 0 aliphatic carbocycles. The molecule has 1 fully saturated rings. The SMILES string of the molecule is CC(N)C1CCCN(C(=O)c2cn(-c3ccc(F)cc3)nn2)C1. The molecule has 0 radical (unpaired) electrons. The number of amides is 1. The summed E-state index contributed by atoms with van der Waals surface area (Å²) >= 11 is 0. The Kier molecular flexibility index (Phi) is 4.38. The standard InChI is InChI=1S/C16H20FN5O/c1-11(18)12-3-2-8-21(9-12)16(23)15-10-22(20-19-15)14-6-4-13(17)5-7-14/h4-7,10-12H,2-3,8-9,18H2,1H3. The Morgan fingerprint density at radius 3 is 2.83 bits per heavy atom. The maximum Gasteiger partial charge on any atom is 0.276 e. The van der Waals surface area contributed by atoms with Crippen molar-refractivity contribution in [3.05, 3.63) is 42.0 Å². The van der Waals surface area contributed by atoms with Gasteiger partial charge in [0.15, 0.2) is 5.69 Å². The lowest BCUT2D eigenvalue weighted by atomic mass is 9.92. The van der Waals surface area contributed by atoms with Crippen LogP contribution in [0.4, 0.5) is 4.39 Å². The zero-order valence-electron chi connectivity index (χ0n) is 13.0. The van der Waals surface area contributed by atoms with Crippen LogP contribution in [-0.4, -0.2) is 44.9 Å². The molecule has 1 aliphatic heterocycles. The molecule has 7 heteroatoms. The van der Waals surface area contributed by atoms with Gasteiger partial charge in [0.2, 0.25) is 0 Å². The van der Waals surface area contributed by atoms with E-state index in [-0.39, 0.29) is 17.8 Å². The van der Waals surface area contributed by atoms with Gasteiger partial charge in [-0.1, -0.05) is 5.21 Å². The highest BCUT2D eigenvalue weighted by atomic mass is 19.1. The Hall–Kier alpha value is -2.28. The van der Waals surface area contributed by atoms with Crippen LogP contribution < -0.4 is 5.73 Å². The van der Waals surface area contributed by atoms with Gasteiger partial charge in [-0.25, -0.2) is 9.07 Å². The lowest BCUT2D eigenvalue weighted by Gasteiger charge is -2.34. The molecule has 1 aromatic carbocycles. The number of nitrogens with zero attached hydrogens (tertiary/aromatic N) is 4. The molecule has 0 bridgehead atoms. The minimum atomic E-state index is -0.319. The molecule has 0 spiro atoms. The molecule has 2 unspecified atom stereocenters. The Morgan fingerprint density at radius 1 is 1.39 bits per heavy atom. The van der Waals surface area contributed by atoms with E-state index in [1.54, 1.807) is 23.2 Å². The summed E-state index contributed by atoms with van der Waals surface area (Å²) in [6.45, 7) is 3.34. The van der Waals surface area contributed by atoms with Gasteiger partial charge in [-0.3, -0.25) is 4.79 Å². The quantitative estimate of drug-likeness (QED) is 0.933. The maximum absolute atomic E-state index is 13.0. The van der Waals surface area contributed by atoms with Crippen molar-refractivity contribution in [3.8, 4) is 5.69 Å². The number of halogens is 1. The number of carbonyl (C=O) groups is 1. The molecule has 1 aromatic heterocycles. The van der Waals surface area contributed by atoms with Crippen molar-refractivity contribution in [2.24, 2.45) is 11.7 Å². The molecule has 23 heavy (non-hydrogen) atoms. The van der Waals surface area contributed by atoms with Crippen molar-refractivity contribution >= 4 is 5.91 Å². The van der Waals surface area contributed by atoms with Crippen LogP contribution in [0, 0.1) is 11.7 Å². The average Bonchev–Trinajstić information content (AvgIpc) is 3.05. The summed E-state index contributed by atoms with van der Waals surface area (Å²) < 4.78 is 14.4. The molecular formula is C16H20FN5O. The number of aromatic nitrogens is 3. The molecule has 0 saturated carbocycles. The Labute approximate surface area is 134 Å². The predicted molar refractivity (Wildman–Crippen MR) is 83.6 cm³/mol. The average molecular weight is 317 g/mol. The number of carbonyl (C=O) groups excluding carboxylic acids is 1. The highest BCUT2D eigenvalue weighted by molar-refractivity contribution is 5.92. The van der Waals surface area contributed by atoms with Gasteiger partial charge < -0.3 is 10.6 Å². The lowest BCUT2D eigenvalue weighted by molar-refractivity contribution is 0.0655. The summed E-state index contributed by atoms with van der Waals surface area (Å²) in [5.74, 6) is -0.135. The van der Waals surface area contributed by atoms with E-state index in [0.717, 1.165) is 12.8 Å². The van der Waals surface area contributed by atoms with Crippen LogP contribution in [-0.2, 0) is 0 Å². The largest absolute Gasteiger partial charge is 0.337 e. The van der Waals surface area contributed by atoms with Crippen LogP contribution >= 0.6 is 0 Å². The van der Waals surface area contributed by atoms with Gasteiger partial charge in [-0.2, -0.15) is 0 Å². The smallest absolute Gasteiger partial charge is 0.276 e. The normalized spacial score (nSPS) is 19.6. The fraction of sp³-hybridized carbons (Fsp3) is 0.438. The van der Waals surface area contributed by atoms with E-state index >= 15 is 0 Å².